The number of hydrogen-bond acceptors (Lipinski definition) is 5. The Kier molecular flexibility index (Phi) is 6.27. The van der Waals surface area contributed by atoms with Gasteiger partial charge in [-0.25, -0.2) is 0 Å². The largest absolute Gasteiger partial charge is 0.507 e. The van der Waals surface area contributed by atoms with Crippen molar-refractivity contribution in [2.75, 3.05) is 34.3 Å². The van der Waals surface area contributed by atoms with Crippen LogP contribution in [0.3, 0.4) is 0 Å². The molecule has 0 radical (unpaired) electrons. The highest BCUT2D eigenvalue weighted by Crippen LogP contribution is 2.39. The number of hydrogen-bond donors (Lipinski definition) is 1. The standard InChI is InChI=1S/C24H28N2O4/c1-15-6-8-17(9-7-15)21-20(23(28)24(29)26(21)13-12-25(3)4)22(27)18-10-11-19(30-5)16(2)14-18/h6-11,14,21,27H,12-13H2,1-5H3. The van der Waals surface area contributed by atoms with E-state index in [-0.39, 0.29) is 11.3 Å². The SMILES string of the molecule is COc1ccc(C(O)=C2C(=O)C(=O)N(CCN(C)C)C2c2ccc(C)cc2)cc1C. The molecule has 0 bridgehead atoms. The third-order valence-electron chi connectivity index (χ3n) is 5.39. The minimum absolute atomic E-state index is 0.118. The molecule has 2 aromatic carbocycles. The number of benzene rings is 2. The lowest BCUT2D eigenvalue weighted by molar-refractivity contribution is -0.140. The molecule has 1 amide bonds. The Labute approximate surface area is 177 Å². The Balaban J connectivity index is 2.14. The highest BCUT2D eigenvalue weighted by Gasteiger charge is 2.45. The predicted octanol–water partition coefficient (Wildman–Crippen LogP) is 3.30. The van der Waals surface area contributed by atoms with Gasteiger partial charge in [0.1, 0.15) is 11.5 Å². The maximum Gasteiger partial charge on any atom is 0.295 e. The molecular formula is C24H28N2O4. The summed E-state index contributed by atoms with van der Waals surface area (Å²) < 4.78 is 5.28. The van der Waals surface area contributed by atoms with Crippen molar-refractivity contribution in [2.45, 2.75) is 19.9 Å². The van der Waals surface area contributed by atoms with Crippen molar-refractivity contribution in [1.82, 2.24) is 9.80 Å². The molecule has 6 heteroatoms. The molecule has 1 aliphatic heterocycles. The van der Waals surface area contributed by atoms with Crippen LogP contribution in [0, 0.1) is 13.8 Å². The summed E-state index contributed by atoms with van der Waals surface area (Å²) in [5, 5.41) is 11.1. The van der Waals surface area contributed by atoms with E-state index in [1.807, 2.05) is 57.1 Å². The molecular weight excluding hydrogens is 380 g/mol. The summed E-state index contributed by atoms with van der Waals surface area (Å²) in [6, 6.07) is 12.3. The second kappa shape index (κ2) is 8.71. The number of methoxy groups -OCH3 is 1. The van der Waals surface area contributed by atoms with Crippen LogP contribution in [0.2, 0.25) is 0 Å². The first-order chi connectivity index (χ1) is 14.2. The molecule has 1 fully saturated rings. The van der Waals surface area contributed by atoms with E-state index >= 15 is 0 Å². The molecule has 1 saturated heterocycles. The van der Waals surface area contributed by atoms with Crippen molar-refractivity contribution in [2.24, 2.45) is 0 Å². The maximum atomic E-state index is 13.0. The topological polar surface area (TPSA) is 70.1 Å². The second-order valence-corrected chi connectivity index (χ2v) is 7.89. The molecule has 158 valence electrons. The summed E-state index contributed by atoms with van der Waals surface area (Å²) in [5.41, 5.74) is 3.30. The van der Waals surface area contributed by atoms with E-state index in [1.165, 1.54) is 0 Å². The first kappa shape index (κ1) is 21.6. The van der Waals surface area contributed by atoms with Crippen molar-refractivity contribution in [3.05, 3.63) is 70.3 Å². The minimum atomic E-state index is -0.662. The molecule has 1 heterocycles. The molecule has 0 saturated carbocycles. The molecule has 6 nitrogen and oxygen atoms in total. The summed E-state index contributed by atoms with van der Waals surface area (Å²) in [5.74, 6) is -0.732. The van der Waals surface area contributed by atoms with E-state index in [9.17, 15) is 14.7 Å². The number of rotatable bonds is 6. The van der Waals surface area contributed by atoms with Gasteiger partial charge in [-0.3, -0.25) is 9.59 Å². The Morgan fingerprint density at radius 3 is 2.33 bits per heavy atom. The third-order valence-corrected chi connectivity index (χ3v) is 5.39. The maximum absolute atomic E-state index is 13.0. The minimum Gasteiger partial charge on any atom is -0.507 e. The first-order valence-electron chi connectivity index (χ1n) is 9.89. The normalized spacial score (nSPS) is 18.3. The quantitative estimate of drug-likeness (QED) is 0.451. The summed E-state index contributed by atoms with van der Waals surface area (Å²) in [7, 11) is 5.41. The molecule has 1 atom stereocenters. The fourth-order valence-corrected chi connectivity index (χ4v) is 3.69. The van der Waals surface area contributed by atoms with Crippen molar-refractivity contribution in [3.8, 4) is 5.75 Å². The molecule has 2 aromatic rings. The fraction of sp³-hybridized carbons (Fsp3) is 0.333. The van der Waals surface area contributed by atoms with Crippen molar-refractivity contribution in [1.29, 1.82) is 0 Å². The Hall–Kier alpha value is -3.12. The van der Waals surface area contributed by atoms with E-state index in [4.69, 9.17) is 4.74 Å². The molecule has 1 unspecified atom stereocenters. The summed E-state index contributed by atoms with van der Waals surface area (Å²) >= 11 is 0. The number of ether oxygens (including phenoxy) is 1. The number of ketones is 1. The number of aliphatic hydroxyl groups excluding tert-OH is 1. The van der Waals surface area contributed by atoms with Gasteiger partial charge in [-0.1, -0.05) is 29.8 Å². The van der Waals surface area contributed by atoms with Crippen LogP contribution >= 0.6 is 0 Å². The molecule has 0 aliphatic carbocycles. The van der Waals surface area contributed by atoms with Gasteiger partial charge in [-0.15, -0.1) is 0 Å². The van der Waals surface area contributed by atoms with Crippen LogP contribution in [0.5, 0.6) is 5.75 Å². The van der Waals surface area contributed by atoms with Crippen molar-refractivity contribution >= 4 is 17.4 Å². The number of carbonyl (C=O) groups excluding carboxylic acids is 2. The van der Waals surface area contributed by atoms with Gasteiger partial charge in [-0.05, 0) is 57.3 Å². The van der Waals surface area contributed by atoms with Gasteiger partial charge in [0, 0.05) is 18.7 Å². The highest BCUT2D eigenvalue weighted by molar-refractivity contribution is 6.46. The van der Waals surface area contributed by atoms with Gasteiger partial charge in [0.05, 0.1) is 18.7 Å². The van der Waals surface area contributed by atoms with Crippen LogP contribution in [0.15, 0.2) is 48.0 Å². The van der Waals surface area contributed by atoms with Crippen LogP contribution < -0.4 is 4.74 Å². The van der Waals surface area contributed by atoms with Gasteiger partial charge in [0.25, 0.3) is 11.7 Å². The molecule has 3 rings (SSSR count). The van der Waals surface area contributed by atoms with Crippen molar-refractivity contribution in [3.63, 3.8) is 0 Å². The summed E-state index contributed by atoms with van der Waals surface area (Å²) in [6.07, 6.45) is 0. The third kappa shape index (κ3) is 4.09. The molecule has 1 aliphatic rings. The van der Waals surface area contributed by atoms with E-state index in [2.05, 4.69) is 0 Å². The van der Waals surface area contributed by atoms with E-state index in [0.29, 0.717) is 24.4 Å². The Bertz CT molecular complexity index is 993. The zero-order valence-corrected chi connectivity index (χ0v) is 18.1. The van der Waals surface area contributed by atoms with Crippen LogP contribution in [-0.2, 0) is 9.59 Å². The number of aliphatic hydroxyl groups is 1. The Morgan fingerprint density at radius 1 is 1.10 bits per heavy atom. The van der Waals surface area contributed by atoms with Crippen LogP contribution in [-0.4, -0.2) is 60.9 Å². The molecule has 0 spiro atoms. The van der Waals surface area contributed by atoms with E-state index in [1.54, 1.807) is 30.2 Å². The van der Waals surface area contributed by atoms with Gasteiger partial charge >= 0.3 is 0 Å². The zero-order valence-electron chi connectivity index (χ0n) is 18.1. The second-order valence-electron chi connectivity index (χ2n) is 7.89. The zero-order chi connectivity index (χ0) is 22.0. The number of carbonyl (C=O) groups is 2. The van der Waals surface area contributed by atoms with E-state index in [0.717, 1.165) is 16.7 Å². The molecule has 0 aromatic heterocycles. The monoisotopic (exact) mass is 408 g/mol. The number of Topliss-reactive ketones (excluding diaryl/α,β-unsaturated/α-hetero) is 1. The average Bonchev–Trinajstić information content (AvgIpc) is 2.96. The lowest BCUT2D eigenvalue weighted by Gasteiger charge is -2.26. The summed E-state index contributed by atoms with van der Waals surface area (Å²) in [4.78, 5) is 29.4. The lowest BCUT2D eigenvalue weighted by atomic mass is 9.94. The number of aryl methyl sites for hydroxylation is 2. The predicted molar refractivity (Wildman–Crippen MR) is 116 cm³/mol. The van der Waals surface area contributed by atoms with Crippen molar-refractivity contribution < 1.29 is 19.4 Å². The van der Waals surface area contributed by atoms with Crippen LogP contribution in [0.25, 0.3) is 5.76 Å². The number of amides is 1. The fourth-order valence-electron chi connectivity index (χ4n) is 3.69. The summed E-state index contributed by atoms with van der Waals surface area (Å²) in [6.45, 7) is 4.83. The van der Waals surface area contributed by atoms with Gasteiger partial charge in [0.2, 0.25) is 0 Å². The number of likely N-dealkylation sites (N-methyl/N-ethyl adjacent to an activating group) is 1. The average molecular weight is 408 g/mol. The first-order valence-corrected chi connectivity index (χ1v) is 9.89. The van der Waals surface area contributed by atoms with E-state index < -0.39 is 17.7 Å². The number of nitrogens with zero attached hydrogens (tertiary/aromatic N) is 2. The smallest absolute Gasteiger partial charge is 0.295 e. The van der Waals surface area contributed by atoms with Gasteiger partial charge in [0.15, 0.2) is 0 Å². The van der Waals surface area contributed by atoms with Crippen LogP contribution in [0.4, 0.5) is 0 Å². The lowest BCUT2D eigenvalue weighted by Crippen LogP contribution is -2.35. The number of likely N-dealkylation sites (tertiary alicyclic amines) is 1. The van der Waals surface area contributed by atoms with Gasteiger partial charge < -0.3 is 19.6 Å². The van der Waals surface area contributed by atoms with Gasteiger partial charge in [-0.2, -0.15) is 0 Å². The molecule has 1 N–H and O–H groups in total. The Morgan fingerprint density at radius 2 is 1.77 bits per heavy atom. The highest BCUT2D eigenvalue weighted by atomic mass is 16.5. The molecule has 30 heavy (non-hydrogen) atoms. The van der Waals surface area contributed by atoms with Crippen LogP contribution in [0.1, 0.15) is 28.3 Å².